The standard InChI is InChI=1S/C29H32BrN3O6S/c1-20(2)31-29(35)25(15-21-8-5-4-6-9-21)32(17-22-10-7-11-23(30)14-22)28(34)18-33(40(3,36)37)24-12-13-26-27(16-24)39-19-38-26/h4-14,16,20,25H,15,17-19H2,1-3H3,(H,31,35)/t25-/m0/s1. The number of hydrogen-bond donors (Lipinski definition) is 1. The van der Waals surface area contributed by atoms with Crippen LogP contribution in [0.4, 0.5) is 5.69 Å². The largest absolute Gasteiger partial charge is 0.454 e. The van der Waals surface area contributed by atoms with Crippen molar-refractivity contribution in [3.63, 3.8) is 0 Å². The van der Waals surface area contributed by atoms with Crippen LogP contribution in [-0.2, 0) is 32.6 Å². The van der Waals surface area contributed by atoms with Gasteiger partial charge in [0.2, 0.25) is 28.6 Å². The molecule has 0 fully saturated rings. The van der Waals surface area contributed by atoms with Crippen molar-refractivity contribution >= 4 is 43.5 Å². The van der Waals surface area contributed by atoms with Gasteiger partial charge in [-0.15, -0.1) is 0 Å². The summed E-state index contributed by atoms with van der Waals surface area (Å²) in [4.78, 5) is 29.1. The molecule has 40 heavy (non-hydrogen) atoms. The Balaban J connectivity index is 1.73. The van der Waals surface area contributed by atoms with Crippen LogP contribution in [0.3, 0.4) is 0 Å². The summed E-state index contributed by atoms with van der Waals surface area (Å²) in [7, 11) is -3.89. The van der Waals surface area contributed by atoms with Gasteiger partial charge in [0, 0.05) is 29.5 Å². The second-order valence-corrected chi connectivity index (χ2v) is 12.7. The Morgan fingerprint density at radius 3 is 2.33 bits per heavy atom. The molecule has 0 saturated carbocycles. The van der Waals surface area contributed by atoms with Gasteiger partial charge in [-0.1, -0.05) is 58.4 Å². The van der Waals surface area contributed by atoms with Crippen molar-refractivity contribution in [3.05, 3.63) is 88.4 Å². The molecule has 2 amide bonds. The van der Waals surface area contributed by atoms with Crippen molar-refractivity contribution < 1.29 is 27.5 Å². The molecule has 0 saturated heterocycles. The van der Waals surface area contributed by atoms with Crippen LogP contribution in [0.25, 0.3) is 0 Å². The van der Waals surface area contributed by atoms with Crippen LogP contribution in [0.15, 0.2) is 77.3 Å². The Hall–Kier alpha value is -3.57. The Morgan fingerprint density at radius 1 is 0.950 bits per heavy atom. The number of rotatable bonds is 11. The van der Waals surface area contributed by atoms with Gasteiger partial charge in [0.05, 0.1) is 11.9 Å². The third kappa shape index (κ3) is 7.54. The minimum Gasteiger partial charge on any atom is -0.454 e. The number of carbonyl (C=O) groups is 2. The Kier molecular flexibility index (Phi) is 9.36. The van der Waals surface area contributed by atoms with E-state index in [-0.39, 0.29) is 37.4 Å². The minimum absolute atomic E-state index is 0.0309. The van der Waals surface area contributed by atoms with Crippen LogP contribution >= 0.6 is 15.9 Å². The van der Waals surface area contributed by atoms with Crippen LogP contribution < -0.4 is 19.1 Å². The molecule has 0 aliphatic carbocycles. The summed E-state index contributed by atoms with van der Waals surface area (Å²) in [6, 6.07) is 20.5. The summed E-state index contributed by atoms with van der Waals surface area (Å²) in [6.45, 7) is 3.32. The van der Waals surface area contributed by atoms with Gasteiger partial charge in [0.15, 0.2) is 11.5 Å². The van der Waals surface area contributed by atoms with Crippen LogP contribution in [0, 0.1) is 0 Å². The van der Waals surface area contributed by atoms with E-state index in [0.29, 0.717) is 11.5 Å². The molecule has 1 atom stereocenters. The normalized spacial score (nSPS) is 13.1. The highest BCUT2D eigenvalue weighted by Crippen LogP contribution is 2.36. The van der Waals surface area contributed by atoms with Gasteiger partial charge >= 0.3 is 0 Å². The van der Waals surface area contributed by atoms with E-state index in [1.54, 1.807) is 12.1 Å². The number of anilines is 1. The van der Waals surface area contributed by atoms with Crippen molar-refractivity contribution in [2.75, 3.05) is 23.9 Å². The molecule has 4 rings (SSSR count). The van der Waals surface area contributed by atoms with Gasteiger partial charge in [0.25, 0.3) is 0 Å². The van der Waals surface area contributed by atoms with Crippen LogP contribution in [0.5, 0.6) is 11.5 Å². The van der Waals surface area contributed by atoms with Gasteiger partial charge in [-0.2, -0.15) is 0 Å². The molecule has 11 heteroatoms. The lowest BCUT2D eigenvalue weighted by Crippen LogP contribution is -2.54. The van der Waals surface area contributed by atoms with Gasteiger partial charge in [-0.05, 0) is 49.2 Å². The first kappa shape index (κ1) is 29.4. The number of halogens is 1. The van der Waals surface area contributed by atoms with E-state index in [2.05, 4.69) is 21.2 Å². The third-order valence-electron chi connectivity index (χ3n) is 6.27. The lowest BCUT2D eigenvalue weighted by molar-refractivity contribution is -0.140. The molecule has 0 spiro atoms. The first-order valence-corrected chi connectivity index (χ1v) is 15.4. The molecule has 1 N–H and O–H groups in total. The quantitative estimate of drug-likeness (QED) is 0.342. The van der Waals surface area contributed by atoms with Crippen LogP contribution in [0.2, 0.25) is 0 Å². The molecule has 1 aliphatic rings. The summed E-state index contributed by atoms with van der Waals surface area (Å²) in [5.41, 5.74) is 1.91. The zero-order chi connectivity index (χ0) is 28.9. The molecule has 1 aliphatic heterocycles. The van der Waals surface area contributed by atoms with E-state index in [4.69, 9.17) is 9.47 Å². The molecule has 0 unspecified atom stereocenters. The maximum Gasteiger partial charge on any atom is 0.244 e. The summed E-state index contributed by atoms with van der Waals surface area (Å²) in [6.07, 6.45) is 1.29. The molecule has 3 aromatic carbocycles. The zero-order valence-electron chi connectivity index (χ0n) is 22.5. The molecule has 1 heterocycles. The fourth-order valence-corrected chi connectivity index (χ4v) is 5.71. The predicted octanol–water partition coefficient (Wildman–Crippen LogP) is 4.11. The fraction of sp³-hybridized carbons (Fsp3) is 0.310. The van der Waals surface area contributed by atoms with Crippen molar-refractivity contribution in [3.8, 4) is 11.5 Å². The minimum atomic E-state index is -3.89. The number of amides is 2. The van der Waals surface area contributed by atoms with E-state index in [9.17, 15) is 18.0 Å². The number of carbonyl (C=O) groups excluding carboxylic acids is 2. The van der Waals surface area contributed by atoms with E-state index < -0.39 is 28.5 Å². The Morgan fingerprint density at radius 2 is 1.65 bits per heavy atom. The van der Waals surface area contributed by atoms with Crippen molar-refractivity contribution in [1.29, 1.82) is 0 Å². The van der Waals surface area contributed by atoms with Crippen molar-refractivity contribution in [2.24, 2.45) is 0 Å². The molecular formula is C29H32BrN3O6S. The Bertz CT molecular complexity index is 1470. The lowest BCUT2D eigenvalue weighted by atomic mass is 10.0. The summed E-state index contributed by atoms with van der Waals surface area (Å²) in [5.74, 6) is 0.0371. The van der Waals surface area contributed by atoms with E-state index in [1.807, 2.05) is 68.4 Å². The number of fused-ring (bicyclic) bond motifs is 1. The number of sulfonamides is 1. The summed E-state index contributed by atoms with van der Waals surface area (Å²) in [5, 5.41) is 2.93. The maximum absolute atomic E-state index is 14.1. The monoisotopic (exact) mass is 629 g/mol. The van der Waals surface area contributed by atoms with E-state index in [0.717, 1.165) is 26.2 Å². The summed E-state index contributed by atoms with van der Waals surface area (Å²) >= 11 is 3.47. The molecular weight excluding hydrogens is 598 g/mol. The highest BCUT2D eigenvalue weighted by atomic mass is 79.9. The number of hydrogen-bond acceptors (Lipinski definition) is 6. The van der Waals surface area contributed by atoms with Gasteiger partial charge in [0.1, 0.15) is 12.6 Å². The molecule has 0 radical (unpaired) electrons. The molecule has 3 aromatic rings. The fourth-order valence-electron chi connectivity index (χ4n) is 4.42. The van der Waals surface area contributed by atoms with Gasteiger partial charge in [-0.25, -0.2) is 8.42 Å². The first-order chi connectivity index (χ1) is 19.0. The Labute approximate surface area is 243 Å². The van der Waals surface area contributed by atoms with Crippen molar-refractivity contribution in [2.45, 2.75) is 38.9 Å². The molecule has 0 bridgehead atoms. The summed E-state index contributed by atoms with van der Waals surface area (Å²) < 4.78 is 38.5. The zero-order valence-corrected chi connectivity index (χ0v) is 24.9. The van der Waals surface area contributed by atoms with E-state index >= 15 is 0 Å². The second kappa shape index (κ2) is 12.7. The average Bonchev–Trinajstić information content (AvgIpc) is 3.36. The number of nitrogens with one attached hydrogen (secondary N) is 1. The van der Waals surface area contributed by atoms with Crippen molar-refractivity contribution in [1.82, 2.24) is 10.2 Å². The molecule has 9 nitrogen and oxygen atoms in total. The number of nitrogens with zero attached hydrogens (tertiary/aromatic N) is 2. The molecule has 212 valence electrons. The molecule has 0 aromatic heterocycles. The topological polar surface area (TPSA) is 105 Å². The smallest absolute Gasteiger partial charge is 0.244 e. The maximum atomic E-state index is 14.1. The number of benzene rings is 3. The number of ether oxygens (including phenoxy) is 2. The predicted molar refractivity (Wildman–Crippen MR) is 157 cm³/mol. The van der Waals surface area contributed by atoms with Gasteiger partial charge < -0.3 is 19.7 Å². The van der Waals surface area contributed by atoms with Gasteiger partial charge in [-0.3, -0.25) is 13.9 Å². The average molecular weight is 631 g/mol. The first-order valence-electron chi connectivity index (χ1n) is 12.8. The second-order valence-electron chi connectivity index (χ2n) is 9.83. The highest BCUT2D eigenvalue weighted by molar-refractivity contribution is 9.10. The third-order valence-corrected chi connectivity index (χ3v) is 7.90. The lowest BCUT2D eigenvalue weighted by Gasteiger charge is -2.34. The highest BCUT2D eigenvalue weighted by Gasteiger charge is 2.33. The van der Waals surface area contributed by atoms with E-state index in [1.165, 1.54) is 11.0 Å². The SMILES string of the molecule is CC(C)NC(=O)[C@H](Cc1ccccc1)N(Cc1cccc(Br)c1)C(=O)CN(c1ccc2c(c1)OCO2)S(C)(=O)=O. The van der Waals surface area contributed by atoms with Crippen LogP contribution in [-0.4, -0.2) is 56.8 Å². The van der Waals surface area contributed by atoms with Crippen LogP contribution in [0.1, 0.15) is 25.0 Å².